The van der Waals surface area contributed by atoms with Gasteiger partial charge in [0.1, 0.15) is 24.1 Å². The van der Waals surface area contributed by atoms with Gasteiger partial charge in [0.15, 0.2) is 0 Å². The van der Waals surface area contributed by atoms with Crippen molar-refractivity contribution in [1.29, 1.82) is 0 Å². The zero-order valence-electron chi connectivity index (χ0n) is 23.6. The molecule has 214 valence electrons. The molecule has 0 heterocycles. The predicted octanol–water partition coefficient (Wildman–Crippen LogP) is 4.15. The highest BCUT2D eigenvalue weighted by Crippen LogP contribution is 2.36. The van der Waals surface area contributed by atoms with Gasteiger partial charge in [-0.05, 0) is 55.7 Å². The molecule has 0 bridgehead atoms. The number of benzene rings is 3. The number of hydrogen-bond donors (Lipinski definition) is 1. The molecule has 40 heavy (non-hydrogen) atoms. The van der Waals surface area contributed by atoms with Crippen LogP contribution in [0.3, 0.4) is 0 Å². The monoisotopic (exact) mass is 567 g/mol. The van der Waals surface area contributed by atoms with Gasteiger partial charge in [-0.1, -0.05) is 49.4 Å². The minimum absolute atomic E-state index is 0.00636. The summed E-state index contributed by atoms with van der Waals surface area (Å²) in [5, 5.41) is 2.84. The summed E-state index contributed by atoms with van der Waals surface area (Å²) in [6, 6.07) is 19.3. The maximum absolute atomic E-state index is 14.1. The van der Waals surface area contributed by atoms with Gasteiger partial charge in [0.2, 0.25) is 11.8 Å². The van der Waals surface area contributed by atoms with Crippen LogP contribution in [0.2, 0.25) is 0 Å². The Kier molecular flexibility index (Phi) is 10.6. The van der Waals surface area contributed by atoms with Crippen molar-refractivity contribution in [2.75, 3.05) is 31.6 Å². The van der Waals surface area contributed by atoms with Crippen molar-refractivity contribution in [1.82, 2.24) is 10.2 Å². The number of nitrogens with zero attached hydrogens (tertiary/aromatic N) is 2. The Labute approximate surface area is 236 Å². The number of amides is 2. The lowest BCUT2D eigenvalue weighted by atomic mass is 10.1. The first-order valence-electron chi connectivity index (χ1n) is 13.1. The van der Waals surface area contributed by atoms with Crippen LogP contribution in [0.4, 0.5) is 5.69 Å². The van der Waals surface area contributed by atoms with Crippen LogP contribution in [0.25, 0.3) is 0 Å². The summed E-state index contributed by atoms with van der Waals surface area (Å²) in [5.74, 6) is -0.236. The number of anilines is 1. The number of nitrogens with one attached hydrogen (secondary N) is 1. The van der Waals surface area contributed by atoms with Crippen LogP contribution in [0, 0.1) is 6.92 Å². The molecule has 1 atom stereocenters. The van der Waals surface area contributed by atoms with Crippen molar-refractivity contribution in [2.45, 2.75) is 44.7 Å². The molecular formula is C30H37N3O6S. The molecule has 0 spiro atoms. The maximum atomic E-state index is 14.1. The number of sulfonamides is 1. The Morgan fingerprint density at radius 2 is 1.62 bits per heavy atom. The van der Waals surface area contributed by atoms with Crippen molar-refractivity contribution >= 4 is 27.5 Å². The second-order valence-corrected chi connectivity index (χ2v) is 11.1. The number of ether oxygens (including phenoxy) is 2. The highest BCUT2D eigenvalue weighted by Gasteiger charge is 2.34. The third-order valence-corrected chi connectivity index (χ3v) is 8.36. The van der Waals surface area contributed by atoms with Gasteiger partial charge in [-0.3, -0.25) is 13.9 Å². The van der Waals surface area contributed by atoms with Crippen molar-refractivity contribution in [3.05, 3.63) is 83.9 Å². The molecule has 0 saturated heterocycles. The second-order valence-electron chi connectivity index (χ2n) is 9.28. The number of carbonyl (C=O) groups excluding carboxylic acids is 2. The van der Waals surface area contributed by atoms with Crippen LogP contribution in [-0.4, -0.2) is 58.5 Å². The van der Waals surface area contributed by atoms with E-state index in [4.69, 9.17) is 9.47 Å². The van der Waals surface area contributed by atoms with Gasteiger partial charge in [0.05, 0.1) is 24.8 Å². The normalized spacial score (nSPS) is 11.8. The second kappa shape index (κ2) is 13.8. The fourth-order valence-corrected chi connectivity index (χ4v) is 5.61. The molecule has 0 aromatic heterocycles. The summed E-state index contributed by atoms with van der Waals surface area (Å²) in [6.07, 6.45) is 0.739. The summed E-state index contributed by atoms with van der Waals surface area (Å²) >= 11 is 0. The third kappa shape index (κ3) is 7.12. The van der Waals surface area contributed by atoms with E-state index in [-0.39, 0.29) is 28.8 Å². The molecule has 0 unspecified atom stereocenters. The van der Waals surface area contributed by atoms with Gasteiger partial charge in [-0.25, -0.2) is 8.42 Å². The SMILES string of the molecule is CCCNC(=O)[C@H](C)N(Cc1ccccc1C)C(=O)CN(c1cc(OC)ccc1OC)S(=O)(=O)c1ccccc1. The molecule has 2 amide bonds. The van der Waals surface area contributed by atoms with E-state index < -0.39 is 28.5 Å². The Balaban J connectivity index is 2.11. The lowest BCUT2D eigenvalue weighted by Gasteiger charge is -2.32. The molecule has 1 N–H and O–H groups in total. The molecule has 9 nitrogen and oxygen atoms in total. The number of carbonyl (C=O) groups is 2. The Morgan fingerprint density at radius 3 is 2.25 bits per heavy atom. The minimum atomic E-state index is -4.23. The summed E-state index contributed by atoms with van der Waals surface area (Å²) in [6.45, 7) is 5.52. The molecule has 0 fully saturated rings. The fraction of sp³-hybridized carbons (Fsp3) is 0.333. The standard InChI is InChI=1S/C30H37N3O6S/c1-6-18-31-30(35)23(3)32(20-24-13-11-10-12-22(24)2)29(34)21-33(40(36,37)26-14-8-7-9-15-26)27-19-25(38-4)16-17-28(27)39-5/h7-17,19,23H,6,18,20-21H2,1-5H3,(H,31,35)/t23-/m0/s1. The summed E-state index contributed by atoms with van der Waals surface area (Å²) in [4.78, 5) is 28.5. The minimum Gasteiger partial charge on any atom is -0.497 e. The van der Waals surface area contributed by atoms with Crippen LogP contribution < -0.4 is 19.1 Å². The number of aryl methyl sites for hydroxylation is 1. The van der Waals surface area contributed by atoms with Gasteiger partial charge in [0.25, 0.3) is 10.0 Å². The van der Waals surface area contributed by atoms with Crippen molar-refractivity contribution in [2.24, 2.45) is 0 Å². The van der Waals surface area contributed by atoms with E-state index in [0.717, 1.165) is 21.9 Å². The average Bonchev–Trinajstić information content (AvgIpc) is 2.97. The first-order chi connectivity index (χ1) is 19.1. The lowest BCUT2D eigenvalue weighted by molar-refractivity contribution is -0.139. The number of rotatable bonds is 13. The lowest BCUT2D eigenvalue weighted by Crippen LogP contribution is -2.51. The van der Waals surface area contributed by atoms with Crippen molar-refractivity contribution in [3.8, 4) is 11.5 Å². The Hall–Kier alpha value is -4.05. The van der Waals surface area contributed by atoms with Crippen LogP contribution in [0.1, 0.15) is 31.4 Å². The fourth-order valence-electron chi connectivity index (χ4n) is 4.17. The number of methoxy groups -OCH3 is 2. The third-order valence-electron chi connectivity index (χ3n) is 6.58. The van der Waals surface area contributed by atoms with Crippen LogP contribution >= 0.6 is 0 Å². The summed E-state index contributed by atoms with van der Waals surface area (Å²) in [5.41, 5.74) is 1.94. The first-order valence-corrected chi connectivity index (χ1v) is 14.5. The van der Waals surface area contributed by atoms with E-state index in [1.54, 1.807) is 37.3 Å². The van der Waals surface area contributed by atoms with E-state index in [9.17, 15) is 18.0 Å². The van der Waals surface area contributed by atoms with Crippen LogP contribution in [0.5, 0.6) is 11.5 Å². The first kappa shape index (κ1) is 30.5. The smallest absolute Gasteiger partial charge is 0.264 e. The molecule has 3 aromatic carbocycles. The van der Waals surface area contributed by atoms with E-state index in [0.29, 0.717) is 12.3 Å². The molecule has 3 rings (SSSR count). The molecule has 0 aliphatic heterocycles. The van der Waals surface area contributed by atoms with Gasteiger partial charge in [-0.2, -0.15) is 0 Å². The number of hydrogen-bond acceptors (Lipinski definition) is 6. The topological polar surface area (TPSA) is 105 Å². The largest absolute Gasteiger partial charge is 0.497 e. The zero-order valence-corrected chi connectivity index (χ0v) is 24.4. The van der Waals surface area contributed by atoms with Crippen LogP contribution in [0.15, 0.2) is 77.7 Å². The van der Waals surface area contributed by atoms with Gasteiger partial charge < -0.3 is 19.7 Å². The highest BCUT2D eigenvalue weighted by atomic mass is 32.2. The summed E-state index contributed by atoms with van der Waals surface area (Å²) < 4.78 is 39.8. The van der Waals surface area contributed by atoms with Crippen LogP contribution in [-0.2, 0) is 26.2 Å². The van der Waals surface area contributed by atoms with Crippen molar-refractivity contribution < 1.29 is 27.5 Å². The molecule has 10 heteroatoms. The molecule has 3 aromatic rings. The highest BCUT2D eigenvalue weighted by molar-refractivity contribution is 7.92. The van der Waals surface area contributed by atoms with Gasteiger partial charge >= 0.3 is 0 Å². The maximum Gasteiger partial charge on any atom is 0.264 e. The molecule has 0 radical (unpaired) electrons. The Bertz CT molecular complexity index is 1410. The van der Waals surface area contributed by atoms with E-state index >= 15 is 0 Å². The summed E-state index contributed by atoms with van der Waals surface area (Å²) in [7, 11) is -1.34. The Morgan fingerprint density at radius 1 is 0.950 bits per heavy atom. The molecule has 0 aliphatic carbocycles. The quantitative estimate of drug-likeness (QED) is 0.333. The van der Waals surface area contributed by atoms with E-state index in [1.807, 2.05) is 38.1 Å². The predicted molar refractivity (Wildman–Crippen MR) is 155 cm³/mol. The molecular weight excluding hydrogens is 530 g/mol. The van der Waals surface area contributed by atoms with Crippen molar-refractivity contribution in [3.63, 3.8) is 0 Å². The molecule has 0 aliphatic rings. The van der Waals surface area contributed by atoms with E-state index in [1.165, 1.54) is 37.3 Å². The molecule has 0 saturated carbocycles. The van der Waals surface area contributed by atoms with E-state index in [2.05, 4.69) is 5.32 Å². The zero-order chi connectivity index (χ0) is 29.3. The van der Waals surface area contributed by atoms with Gasteiger partial charge in [0, 0.05) is 19.2 Å². The average molecular weight is 568 g/mol. The van der Waals surface area contributed by atoms with Gasteiger partial charge in [-0.15, -0.1) is 0 Å².